The summed E-state index contributed by atoms with van der Waals surface area (Å²) < 4.78 is 2.09. The van der Waals surface area contributed by atoms with E-state index in [0.717, 1.165) is 31.2 Å². The van der Waals surface area contributed by atoms with Gasteiger partial charge < -0.3 is 10.3 Å². The number of carbonyl (C=O) groups excluding carboxylic acids is 1. The quantitative estimate of drug-likeness (QED) is 0.528. The van der Waals surface area contributed by atoms with E-state index in [-0.39, 0.29) is 11.5 Å². The van der Waals surface area contributed by atoms with Gasteiger partial charge in [0.05, 0.1) is 10.9 Å². The van der Waals surface area contributed by atoms with E-state index in [1.807, 2.05) is 24.3 Å². The molecule has 0 spiro atoms. The van der Waals surface area contributed by atoms with Gasteiger partial charge in [0.1, 0.15) is 0 Å². The third-order valence-corrected chi connectivity index (χ3v) is 6.55. The highest BCUT2D eigenvalue weighted by Gasteiger charge is 2.27. The van der Waals surface area contributed by atoms with Crippen LogP contribution in [0.2, 0.25) is 0 Å². The number of fused-ring (bicyclic) bond motifs is 1. The minimum atomic E-state index is -0.0440. The Balaban J connectivity index is 1.45. The lowest BCUT2D eigenvalue weighted by Gasteiger charge is -2.34. The molecule has 0 radical (unpaired) electrons. The lowest BCUT2D eigenvalue weighted by atomic mass is 9.78. The fourth-order valence-electron chi connectivity index (χ4n) is 4.20. The third kappa shape index (κ3) is 4.90. The number of nitrogens with one attached hydrogen (secondary N) is 2. The number of amides is 1. The van der Waals surface area contributed by atoms with Crippen LogP contribution >= 0.6 is 12.2 Å². The number of hydrogen-bond donors (Lipinski definition) is 2. The molecule has 1 aromatic carbocycles. The van der Waals surface area contributed by atoms with Crippen molar-refractivity contribution >= 4 is 29.0 Å². The molecule has 1 amide bonds. The summed E-state index contributed by atoms with van der Waals surface area (Å²) in [6.07, 6.45) is 6.69. The number of H-pyrrole nitrogens is 1. The Hall–Kier alpha value is -1.95. The molecule has 2 aromatic rings. The SMILES string of the molecule is C[C@@H]1[C@H](C)CCC[C@@H]1NC(=O)CCCCCn1c(=S)[nH]c2ccccc2c1=O. The highest BCUT2D eigenvalue weighted by atomic mass is 32.1. The number of rotatable bonds is 7. The molecule has 1 aromatic heterocycles. The number of benzene rings is 1. The van der Waals surface area contributed by atoms with Crippen molar-refractivity contribution in [3.8, 4) is 0 Å². The molecule has 3 rings (SSSR count). The molecule has 1 aliphatic carbocycles. The van der Waals surface area contributed by atoms with Gasteiger partial charge in [0.25, 0.3) is 5.56 Å². The Kier molecular flexibility index (Phi) is 7.05. The summed E-state index contributed by atoms with van der Waals surface area (Å²) in [5.41, 5.74) is 0.731. The number of unbranched alkanes of at least 4 members (excludes halogenated alkanes) is 2. The van der Waals surface area contributed by atoms with Crippen LogP contribution in [0, 0.1) is 16.6 Å². The van der Waals surface area contributed by atoms with Crippen molar-refractivity contribution in [2.24, 2.45) is 11.8 Å². The summed E-state index contributed by atoms with van der Waals surface area (Å²) >= 11 is 5.34. The lowest BCUT2D eigenvalue weighted by molar-refractivity contribution is -0.122. The van der Waals surface area contributed by atoms with Crippen LogP contribution in [0.1, 0.15) is 58.8 Å². The summed E-state index contributed by atoms with van der Waals surface area (Å²) in [6, 6.07) is 7.75. The molecule has 1 heterocycles. The van der Waals surface area contributed by atoms with E-state index in [1.165, 1.54) is 12.8 Å². The molecular weight excluding hydrogens is 370 g/mol. The molecule has 0 saturated heterocycles. The summed E-state index contributed by atoms with van der Waals surface area (Å²) in [5.74, 6) is 1.40. The van der Waals surface area contributed by atoms with Gasteiger partial charge in [-0.15, -0.1) is 0 Å². The fraction of sp³-hybridized carbons (Fsp3) is 0.591. The van der Waals surface area contributed by atoms with Crippen molar-refractivity contribution < 1.29 is 4.79 Å². The smallest absolute Gasteiger partial charge is 0.262 e. The molecule has 0 aliphatic heterocycles. The molecule has 6 heteroatoms. The summed E-state index contributed by atoms with van der Waals surface area (Å²) in [6.45, 7) is 5.11. The number of aromatic nitrogens is 2. The van der Waals surface area contributed by atoms with Crippen LogP contribution in [0.4, 0.5) is 0 Å². The van der Waals surface area contributed by atoms with Gasteiger partial charge in [0.15, 0.2) is 4.77 Å². The van der Waals surface area contributed by atoms with E-state index >= 15 is 0 Å². The first kappa shape index (κ1) is 20.8. The van der Waals surface area contributed by atoms with Gasteiger partial charge in [0, 0.05) is 19.0 Å². The number of carbonyl (C=O) groups is 1. The molecule has 1 fully saturated rings. The standard InChI is InChI=1S/C22H31N3O2S/c1-15-9-8-12-18(16(15)2)23-20(26)13-4-3-7-14-25-21(27)17-10-5-6-11-19(17)24-22(25)28/h5-6,10-11,15-16,18H,3-4,7-9,12-14H2,1-2H3,(H,23,26)(H,24,28)/t15-,16-,18+/m1/s1. The molecule has 1 saturated carbocycles. The number of hydrogen-bond acceptors (Lipinski definition) is 3. The molecule has 0 unspecified atom stereocenters. The minimum absolute atomic E-state index is 0.0440. The molecule has 0 bridgehead atoms. The van der Waals surface area contributed by atoms with Crippen LogP contribution in [0.15, 0.2) is 29.1 Å². The maximum atomic E-state index is 12.6. The second kappa shape index (κ2) is 9.50. The van der Waals surface area contributed by atoms with E-state index in [9.17, 15) is 9.59 Å². The van der Waals surface area contributed by atoms with Gasteiger partial charge in [-0.3, -0.25) is 14.2 Å². The van der Waals surface area contributed by atoms with Crippen LogP contribution < -0.4 is 10.9 Å². The zero-order valence-corrected chi connectivity index (χ0v) is 17.7. The van der Waals surface area contributed by atoms with Crippen molar-refractivity contribution in [3.05, 3.63) is 39.4 Å². The van der Waals surface area contributed by atoms with Gasteiger partial charge in [-0.2, -0.15) is 0 Å². The Morgan fingerprint density at radius 2 is 2.00 bits per heavy atom. The summed E-state index contributed by atoms with van der Waals surface area (Å²) in [4.78, 5) is 28.0. The molecule has 5 nitrogen and oxygen atoms in total. The van der Waals surface area contributed by atoms with Crippen LogP contribution in [0.3, 0.4) is 0 Å². The highest BCUT2D eigenvalue weighted by Crippen LogP contribution is 2.29. The van der Waals surface area contributed by atoms with Crippen molar-refractivity contribution in [1.29, 1.82) is 0 Å². The zero-order chi connectivity index (χ0) is 20.1. The van der Waals surface area contributed by atoms with Gasteiger partial charge in [-0.1, -0.05) is 45.2 Å². The topological polar surface area (TPSA) is 66.9 Å². The minimum Gasteiger partial charge on any atom is -0.353 e. The van der Waals surface area contributed by atoms with Crippen LogP contribution in [-0.4, -0.2) is 21.5 Å². The van der Waals surface area contributed by atoms with E-state index in [2.05, 4.69) is 24.1 Å². The Morgan fingerprint density at radius 3 is 2.82 bits per heavy atom. The predicted octanol–water partition coefficient (Wildman–Crippen LogP) is 4.56. The van der Waals surface area contributed by atoms with E-state index in [1.54, 1.807) is 4.57 Å². The monoisotopic (exact) mass is 401 g/mol. The normalized spacial score (nSPS) is 22.3. The van der Waals surface area contributed by atoms with Crippen LogP contribution in [-0.2, 0) is 11.3 Å². The van der Waals surface area contributed by atoms with E-state index in [4.69, 9.17) is 12.2 Å². The Labute approximate surface area is 171 Å². The zero-order valence-electron chi connectivity index (χ0n) is 16.9. The molecule has 152 valence electrons. The Morgan fingerprint density at radius 1 is 1.21 bits per heavy atom. The molecule has 3 atom stereocenters. The second-order valence-electron chi connectivity index (χ2n) is 8.18. The first-order valence-corrected chi connectivity index (χ1v) is 10.9. The molecule has 2 N–H and O–H groups in total. The van der Waals surface area contributed by atoms with Crippen LogP contribution in [0.25, 0.3) is 10.9 Å². The average Bonchev–Trinajstić information content (AvgIpc) is 2.67. The first-order chi connectivity index (χ1) is 13.5. The number of nitrogens with zero attached hydrogens (tertiary/aromatic N) is 1. The van der Waals surface area contributed by atoms with Gasteiger partial charge >= 0.3 is 0 Å². The largest absolute Gasteiger partial charge is 0.353 e. The van der Waals surface area contributed by atoms with Crippen molar-refractivity contribution in [3.63, 3.8) is 0 Å². The number of para-hydroxylation sites is 1. The summed E-state index contributed by atoms with van der Waals surface area (Å²) in [7, 11) is 0. The van der Waals surface area contributed by atoms with Gasteiger partial charge in [-0.25, -0.2) is 0 Å². The third-order valence-electron chi connectivity index (χ3n) is 6.23. The van der Waals surface area contributed by atoms with Gasteiger partial charge in [0.2, 0.25) is 5.91 Å². The van der Waals surface area contributed by atoms with Crippen molar-refractivity contribution in [2.75, 3.05) is 0 Å². The predicted molar refractivity (Wildman–Crippen MR) is 116 cm³/mol. The maximum absolute atomic E-state index is 12.6. The van der Waals surface area contributed by atoms with E-state index < -0.39 is 0 Å². The second-order valence-corrected chi connectivity index (χ2v) is 8.57. The summed E-state index contributed by atoms with van der Waals surface area (Å²) in [5, 5.41) is 3.89. The van der Waals surface area contributed by atoms with Gasteiger partial charge in [-0.05, 0) is 55.4 Å². The Bertz CT molecular complexity index is 933. The van der Waals surface area contributed by atoms with Crippen molar-refractivity contribution in [1.82, 2.24) is 14.9 Å². The number of aromatic amines is 1. The fourth-order valence-corrected chi connectivity index (χ4v) is 4.48. The van der Waals surface area contributed by atoms with E-state index in [0.29, 0.717) is 41.0 Å². The molecular formula is C22H31N3O2S. The lowest BCUT2D eigenvalue weighted by Crippen LogP contribution is -2.43. The first-order valence-electron chi connectivity index (χ1n) is 10.5. The highest BCUT2D eigenvalue weighted by molar-refractivity contribution is 7.71. The van der Waals surface area contributed by atoms with Crippen LogP contribution in [0.5, 0.6) is 0 Å². The average molecular weight is 402 g/mol. The molecule has 1 aliphatic rings. The molecule has 28 heavy (non-hydrogen) atoms. The van der Waals surface area contributed by atoms with Crippen molar-refractivity contribution in [2.45, 2.75) is 71.4 Å². The maximum Gasteiger partial charge on any atom is 0.262 e.